The number of nitrogens with zero attached hydrogens (tertiary/aromatic N) is 1. The third kappa shape index (κ3) is 6.13. The van der Waals surface area contributed by atoms with Crippen LogP contribution in [0.2, 0.25) is 0 Å². The van der Waals surface area contributed by atoms with Crippen LogP contribution >= 0.6 is 0 Å². The van der Waals surface area contributed by atoms with Gasteiger partial charge in [-0.05, 0) is 73.9 Å². The summed E-state index contributed by atoms with van der Waals surface area (Å²) in [5.41, 5.74) is 10.5. The van der Waals surface area contributed by atoms with E-state index in [1.54, 1.807) is 24.3 Å². The monoisotopic (exact) mass is 476 g/mol. The van der Waals surface area contributed by atoms with Crippen molar-refractivity contribution in [3.05, 3.63) is 86.6 Å². The number of carboxylic acid groups (broad SMARTS) is 1. The zero-order valence-electron chi connectivity index (χ0n) is 19.2. The first kappa shape index (κ1) is 24.2. The third-order valence-electron chi connectivity index (χ3n) is 6.15. The van der Waals surface area contributed by atoms with Crippen LogP contribution in [0.4, 0.5) is 0 Å². The number of benzene rings is 2. The van der Waals surface area contributed by atoms with Crippen LogP contribution in [0.15, 0.2) is 58.5 Å². The number of aryl methyl sites for hydroxylation is 2. The number of fused-ring (bicyclic) bond motifs is 1. The van der Waals surface area contributed by atoms with E-state index >= 15 is 0 Å². The molecule has 0 spiro atoms. The molecule has 35 heavy (non-hydrogen) atoms. The number of aliphatic carboxylic acids is 1. The van der Waals surface area contributed by atoms with Gasteiger partial charge in [0.2, 0.25) is 0 Å². The van der Waals surface area contributed by atoms with Gasteiger partial charge in [-0.15, -0.1) is 0 Å². The maximum absolute atomic E-state index is 12.6. The Bertz CT molecular complexity index is 1340. The first-order valence-electron chi connectivity index (χ1n) is 11.6. The second-order valence-corrected chi connectivity index (χ2v) is 8.75. The van der Waals surface area contributed by atoms with Crippen LogP contribution in [-0.4, -0.2) is 38.1 Å². The van der Waals surface area contributed by atoms with Crippen LogP contribution < -0.4 is 16.6 Å². The minimum absolute atomic E-state index is 0.230. The molecule has 3 aromatic rings. The quantitative estimate of drug-likeness (QED) is 0.300. The van der Waals surface area contributed by atoms with E-state index < -0.39 is 17.9 Å². The fourth-order valence-corrected chi connectivity index (χ4v) is 3.94. The molecule has 1 heterocycles. The number of aromatic amines is 1. The molecule has 1 aromatic heterocycles. The molecule has 0 saturated heterocycles. The van der Waals surface area contributed by atoms with Crippen LogP contribution in [0, 0.1) is 0 Å². The number of aliphatic hydroxyl groups excluding tert-OH is 1. The highest BCUT2D eigenvalue weighted by Crippen LogP contribution is 2.31. The average Bonchev–Trinajstić information content (AvgIpc) is 3.71. The fraction of sp³-hybridized carbons (Fsp3) is 0.308. The van der Waals surface area contributed by atoms with Crippen molar-refractivity contribution in [2.75, 3.05) is 0 Å². The van der Waals surface area contributed by atoms with Gasteiger partial charge in [-0.1, -0.05) is 23.8 Å². The number of hydrogen-bond acceptors (Lipinski definition) is 6. The number of aliphatic hydroxyl groups is 1. The lowest BCUT2D eigenvalue weighted by atomic mass is 10.0. The Balaban J connectivity index is 1.35. The normalized spacial score (nSPS) is 13.5. The van der Waals surface area contributed by atoms with Crippen molar-refractivity contribution in [2.45, 2.75) is 51.2 Å². The minimum atomic E-state index is -1.08. The van der Waals surface area contributed by atoms with Crippen molar-refractivity contribution in [3.8, 4) is 0 Å². The van der Waals surface area contributed by atoms with Gasteiger partial charge in [-0.2, -0.15) is 0 Å². The number of amides is 1. The number of nitrogens with two attached hydrogens (primary N) is 1. The van der Waals surface area contributed by atoms with Crippen LogP contribution in [0.5, 0.6) is 0 Å². The number of carboxylic acids is 1. The van der Waals surface area contributed by atoms with Gasteiger partial charge in [0.25, 0.3) is 11.5 Å². The molecule has 0 aliphatic heterocycles. The summed E-state index contributed by atoms with van der Waals surface area (Å²) in [6, 6.07) is 11.5. The van der Waals surface area contributed by atoms with Gasteiger partial charge in [0.15, 0.2) is 0 Å². The molecule has 1 aliphatic carbocycles. The lowest BCUT2D eigenvalue weighted by Crippen LogP contribution is -2.41. The molecule has 9 nitrogen and oxygen atoms in total. The van der Waals surface area contributed by atoms with Crippen molar-refractivity contribution < 1.29 is 19.8 Å². The van der Waals surface area contributed by atoms with Crippen molar-refractivity contribution in [3.63, 3.8) is 0 Å². The molecule has 0 bridgehead atoms. The lowest BCUT2D eigenvalue weighted by Gasteiger charge is -2.15. The van der Waals surface area contributed by atoms with Gasteiger partial charge in [0.05, 0.1) is 10.9 Å². The molecule has 2 aromatic carbocycles. The minimum Gasteiger partial charge on any atom is -0.480 e. The number of hydrogen-bond donors (Lipinski definition) is 5. The standard InChI is InChI=1S/C26H28N4O5/c27-20(17-8-9-17)10-12-22(26(34)35)29-24(32)18-6-3-15(4-7-18)1-2-16-5-11-21-19(13-16)25(33)30-23(14-31)28-21/h3-7,11,13,22,31H,1-2,8-10,12,14,27H2,(H,29,32)(H,34,35)(H,28,30,33)/t22-/m0/s1. The molecule has 1 atom stereocenters. The molecular formula is C26H28N4O5. The molecule has 0 radical (unpaired) electrons. The second kappa shape index (κ2) is 10.5. The Labute approximate surface area is 201 Å². The summed E-state index contributed by atoms with van der Waals surface area (Å²) in [5, 5.41) is 21.7. The summed E-state index contributed by atoms with van der Waals surface area (Å²) in [6.45, 7) is -0.329. The van der Waals surface area contributed by atoms with E-state index in [9.17, 15) is 24.6 Å². The number of H-pyrrole nitrogens is 1. The molecule has 4 rings (SSSR count). The Morgan fingerprint density at radius 1 is 1.09 bits per heavy atom. The number of allylic oxidation sites excluding steroid dienone is 2. The van der Waals surface area contributed by atoms with Gasteiger partial charge < -0.3 is 26.2 Å². The highest BCUT2D eigenvalue weighted by Gasteiger charge is 2.22. The van der Waals surface area contributed by atoms with Gasteiger partial charge >= 0.3 is 5.97 Å². The van der Waals surface area contributed by atoms with Gasteiger partial charge in [0, 0.05) is 11.3 Å². The van der Waals surface area contributed by atoms with E-state index in [0.29, 0.717) is 35.7 Å². The summed E-state index contributed by atoms with van der Waals surface area (Å²) < 4.78 is 0. The first-order chi connectivity index (χ1) is 16.8. The molecule has 182 valence electrons. The zero-order valence-corrected chi connectivity index (χ0v) is 19.2. The summed E-state index contributed by atoms with van der Waals surface area (Å²) in [4.78, 5) is 43.1. The van der Waals surface area contributed by atoms with E-state index in [0.717, 1.165) is 29.7 Å². The van der Waals surface area contributed by atoms with E-state index in [1.807, 2.05) is 18.2 Å². The number of carbonyl (C=O) groups excluding carboxylic acids is 1. The maximum atomic E-state index is 12.6. The third-order valence-corrected chi connectivity index (χ3v) is 6.15. The molecule has 1 fully saturated rings. The molecule has 1 amide bonds. The smallest absolute Gasteiger partial charge is 0.326 e. The molecular weight excluding hydrogens is 448 g/mol. The van der Waals surface area contributed by atoms with Crippen LogP contribution in [0.1, 0.15) is 53.0 Å². The zero-order chi connectivity index (χ0) is 24.9. The number of carbonyl (C=O) groups is 2. The topological polar surface area (TPSA) is 158 Å². The predicted molar refractivity (Wildman–Crippen MR) is 131 cm³/mol. The van der Waals surface area contributed by atoms with Crippen LogP contribution in [-0.2, 0) is 24.2 Å². The highest BCUT2D eigenvalue weighted by atomic mass is 16.4. The SMILES string of the molecule is NC(CC[C@H](NC(=O)c1ccc(CCc2ccc3nc(CO)[nH]c(=O)c3c2)cc1)C(=O)O)=C1CC1. The summed E-state index contributed by atoms with van der Waals surface area (Å²) >= 11 is 0. The Hall–Kier alpha value is -3.98. The Morgan fingerprint density at radius 2 is 1.77 bits per heavy atom. The van der Waals surface area contributed by atoms with Crippen LogP contribution in [0.3, 0.4) is 0 Å². The number of rotatable bonds is 10. The highest BCUT2D eigenvalue weighted by molar-refractivity contribution is 5.96. The molecule has 1 aliphatic rings. The predicted octanol–water partition coefficient (Wildman–Crippen LogP) is 2.17. The molecule has 0 unspecified atom stereocenters. The largest absolute Gasteiger partial charge is 0.480 e. The van der Waals surface area contributed by atoms with Crippen LogP contribution in [0.25, 0.3) is 10.9 Å². The van der Waals surface area contributed by atoms with E-state index in [-0.39, 0.29) is 24.4 Å². The van der Waals surface area contributed by atoms with Crippen molar-refractivity contribution in [1.29, 1.82) is 0 Å². The summed E-state index contributed by atoms with van der Waals surface area (Å²) in [5.74, 6) is -1.29. The Morgan fingerprint density at radius 3 is 2.43 bits per heavy atom. The van der Waals surface area contributed by atoms with Crippen molar-refractivity contribution >= 4 is 22.8 Å². The van der Waals surface area contributed by atoms with Crippen molar-refractivity contribution in [2.24, 2.45) is 5.73 Å². The molecule has 6 N–H and O–H groups in total. The average molecular weight is 477 g/mol. The summed E-state index contributed by atoms with van der Waals surface area (Å²) in [7, 11) is 0. The first-order valence-corrected chi connectivity index (χ1v) is 11.6. The van der Waals surface area contributed by atoms with Gasteiger partial charge in [-0.25, -0.2) is 9.78 Å². The summed E-state index contributed by atoms with van der Waals surface area (Å²) in [6.07, 6.45) is 4.03. The number of aromatic nitrogens is 2. The van der Waals surface area contributed by atoms with E-state index in [1.165, 1.54) is 5.57 Å². The van der Waals surface area contributed by atoms with E-state index in [4.69, 9.17) is 5.73 Å². The molecule has 1 saturated carbocycles. The number of nitrogens with one attached hydrogen (secondary N) is 2. The van der Waals surface area contributed by atoms with Gasteiger partial charge in [0.1, 0.15) is 18.5 Å². The Kier molecular flexibility index (Phi) is 7.26. The van der Waals surface area contributed by atoms with Crippen molar-refractivity contribution in [1.82, 2.24) is 15.3 Å². The maximum Gasteiger partial charge on any atom is 0.326 e. The lowest BCUT2D eigenvalue weighted by molar-refractivity contribution is -0.139. The molecule has 9 heteroatoms. The van der Waals surface area contributed by atoms with Gasteiger partial charge in [-0.3, -0.25) is 9.59 Å². The second-order valence-electron chi connectivity index (χ2n) is 8.75. The van der Waals surface area contributed by atoms with E-state index in [2.05, 4.69) is 15.3 Å². The fourth-order valence-electron chi connectivity index (χ4n) is 3.94.